The Morgan fingerprint density at radius 1 is 1.11 bits per heavy atom. The molecule has 0 aliphatic carbocycles. The Morgan fingerprint density at radius 3 is 2.54 bits per heavy atom. The Balaban J connectivity index is 2.06. The van der Waals surface area contributed by atoms with E-state index in [0.29, 0.717) is 23.1 Å². The van der Waals surface area contributed by atoms with Crippen LogP contribution in [0.4, 0.5) is 0 Å². The van der Waals surface area contributed by atoms with Gasteiger partial charge >= 0.3 is 0 Å². The van der Waals surface area contributed by atoms with E-state index in [4.69, 9.17) is 20.9 Å². The minimum atomic E-state index is -0.134. The van der Waals surface area contributed by atoms with Crippen LogP contribution in [0.15, 0.2) is 51.9 Å². The molecular formula is C21H18ClN3O3. The largest absolute Gasteiger partial charge is 0.496 e. The molecule has 0 spiro atoms. The van der Waals surface area contributed by atoms with E-state index in [1.165, 1.54) is 0 Å². The van der Waals surface area contributed by atoms with Crippen molar-refractivity contribution in [3.63, 3.8) is 0 Å². The van der Waals surface area contributed by atoms with Gasteiger partial charge in [0.05, 0.1) is 46.7 Å². The fourth-order valence-corrected chi connectivity index (χ4v) is 3.56. The molecule has 0 fully saturated rings. The second-order valence-electron chi connectivity index (χ2n) is 6.51. The summed E-state index contributed by atoms with van der Waals surface area (Å²) in [6, 6.07) is 10.8. The first kappa shape index (κ1) is 18.3. The van der Waals surface area contributed by atoms with Crippen molar-refractivity contribution < 1.29 is 9.26 Å². The highest BCUT2D eigenvalue weighted by Gasteiger charge is 2.21. The second kappa shape index (κ2) is 7.13. The lowest BCUT2D eigenvalue weighted by Gasteiger charge is -2.17. The van der Waals surface area contributed by atoms with Gasteiger partial charge in [-0.25, -0.2) is 0 Å². The molecule has 3 aromatic heterocycles. The van der Waals surface area contributed by atoms with Crippen LogP contribution in [-0.4, -0.2) is 21.8 Å². The van der Waals surface area contributed by atoms with E-state index in [2.05, 4.69) is 10.1 Å². The van der Waals surface area contributed by atoms with Crippen LogP contribution >= 0.6 is 11.6 Å². The van der Waals surface area contributed by atoms with Gasteiger partial charge in [-0.15, -0.1) is 0 Å². The molecule has 4 aromatic rings. The first-order chi connectivity index (χ1) is 13.5. The highest BCUT2D eigenvalue weighted by Crippen LogP contribution is 2.39. The molecule has 28 heavy (non-hydrogen) atoms. The van der Waals surface area contributed by atoms with Crippen molar-refractivity contribution in [3.05, 3.63) is 75.1 Å². The summed E-state index contributed by atoms with van der Waals surface area (Å²) in [5.74, 6) is 1.31. The number of aryl methyl sites for hydroxylation is 2. The van der Waals surface area contributed by atoms with E-state index >= 15 is 0 Å². The SMILES string of the molecule is COc1ccc2ccc(=O)n(Cc3ccc(Cl)cn3)c2c1-c1c(C)noc1C. The number of ether oxygens (including phenoxy) is 1. The Hall–Kier alpha value is -3.12. The van der Waals surface area contributed by atoms with Gasteiger partial charge in [0.25, 0.3) is 5.56 Å². The van der Waals surface area contributed by atoms with Crippen molar-refractivity contribution in [2.75, 3.05) is 7.11 Å². The number of nitrogens with zero attached hydrogens (tertiary/aromatic N) is 3. The minimum Gasteiger partial charge on any atom is -0.496 e. The molecule has 3 heterocycles. The van der Waals surface area contributed by atoms with Gasteiger partial charge in [0, 0.05) is 12.3 Å². The number of pyridine rings is 2. The molecule has 0 aliphatic heterocycles. The quantitative estimate of drug-likeness (QED) is 0.513. The summed E-state index contributed by atoms with van der Waals surface area (Å²) in [6.45, 7) is 4.02. The van der Waals surface area contributed by atoms with Crippen LogP contribution in [-0.2, 0) is 6.54 Å². The van der Waals surface area contributed by atoms with E-state index in [1.54, 1.807) is 30.0 Å². The molecule has 0 amide bonds. The molecule has 7 heteroatoms. The van der Waals surface area contributed by atoms with Crippen LogP contribution in [0.25, 0.3) is 22.0 Å². The summed E-state index contributed by atoms with van der Waals surface area (Å²) >= 11 is 5.94. The molecule has 142 valence electrons. The van der Waals surface area contributed by atoms with Crippen LogP contribution in [0.1, 0.15) is 17.1 Å². The summed E-state index contributed by atoms with van der Waals surface area (Å²) in [4.78, 5) is 17.2. The maximum atomic E-state index is 12.8. The van der Waals surface area contributed by atoms with Gasteiger partial charge in [-0.2, -0.15) is 0 Å². The highest BCUT2D eigenvalue weighted by atomic mass is 35.5. The number of benzene rings is 1. The predicted molar refractivity (Wildman–Crippen MR) is 108 cm³/mol. The lowest BCUT2D eigenvalue weighted by molar-refractivity contribution is 0.393. The van der Waals surface area contributed by atoms with Gasteiger partial charge in [0.1, 0.15) is 11.5 Å². The summed E-state index contributed by atoms with van der Waals surface area (Å²) in [5.41, 5.74) is 3.68. The number of methoxy groups -OCH3 is 1. The van der Waals surface area contributed by atoms with E-state index in [1.807, 2.05) is 38.1 Å². The summed E-state index contributed by atoms with van der Waals surface area (Å²) in [7, 11) is 1.61. The molecule has 0 unspecified atom stereocenters. The number of hydrogen-bond acceptors (Lipinski definition) is 5. The van der Waals surface area contributed by atoms with Crippen LogP contribution in [0.3, 0.4) is 0 Å². The molecule has 0 bridgehead atoms. The zero-order chi connectivity index (χ0) is 19.8. The average molecular weight is 396 g/mol. The van der Waals surface area contributed by atoms with E-state index in [-0.39, 0.29) is 5.56 Å². The summed E-state index contributed by atoms with van der Waals surface area (Å²) in [5, 5.41) is 5.53. The van der Waals surface area contributed by atoms with Gasteiger partial charge in [0.2, 0.25) is 0 Å². The van der Waals surface area contributed by atoms with E-state index < -0.39 is 0 Å². The number of halogens is 1. The third kappa shape index (κ3) is 3.05. The number of rotatable bonds is 4. The monoisotopic (exact) mass is 395 g/mol. The molecule has 0 saturated carbocycles. The first-order valence-corrected chi connectivity index (χ1v) is 9.11. The van der Waals surface area contributed by atoms with Gasteiger partial charge in [-0.05, 0) is 49.6 Å². The molecule has 0 aliphatic rings. The van der Waals surface area contributed by atoms with Gasteiger partial charge < -0.3 is 13.8 Å². The van der Waals surface area contributed by atoms with Crippen molar-refractivity contribution in [1.82, 2.24) is 14.7 Å². The van der Waals surface area contributed by atoms with Crippen LogP contribution < -0.4 is 10.3 Å². The summed E-state index contributed by atoms with van der Waals surface area (Å²) < 4.78 is 12.7. The maximum Gasteiger partial charge on any atom is 0.251 e. The fourth-order valence-electron chi connectivity index (χ4n) is 3.45. The standard InChI is InChI=1S/C21H18ClN3O3/c1-12-19(13(2)28-24-12)20-17(27-3)8-4-14-5-9-18(26)25(21(14)20)11-16-7-6-15(22)10-23-16/h4-10H,11H2,1-3H3. The van der Waals surface area contributed by atoms with Crippen LogP contribution in [0, 0.1) is 13.8 Å². The molecule has 0 saturated heterocycles. The Morgan fingerprint density at radius 2 is 1.89 bits per heavy atom. The summed E-state index contributed by atoms with van der Waals surface area (Å²) in [6.07, 6.45) is 1.57. The molecule has 1 aromatic carbocycles. The van der Waals surface area contributed by atoms with E-state index in [9.17, 15) is 4.79 Å². The molecule has 6 nitrogen and oxygen atoms in total. The Kier molecular flexibility index (Phi) is 4.65. The lowest BCUT2D eigenvalue weighted by Crippen LogP contribution is -2.21. The third-order valence-corrected chi connectivity index (χ3v) is 4.95. The van der Waals surface area contributed by atoms with Crippen molar-refractivity contribution in [1.29, 1.82) is 0 Å². The maximum absolute atomic E-state index is 12.8. The van der Waals surface area contributed by atoms with Crippen molar-refractivity contribution in [2.45, 2.75) is 20.4 Å². The second-order valence-corrected chi connectivity index (χ2v) is 6.94. The highest BCUT2D eigenvalue weighted by molar-refractivity contribution is 6.30. The van der Waals surface area contributed by atoms with Crippen LogP contribution in [0.2, 0.25) is 5.02 Å². The van der Waals surface area contributed by atoms with Crippen molar-refractivity contribution >= 4 is 22.5 Å². The van der Waals surface area contributed by atoms with Crippen molar-refractivity contribution in [3.8, 4) is 16.9 Å². The van der Waals surface area contributed by atoms with Crippen molar-refractivity contribution in [2.24, 2.45) is 0 Å². The number of fused-ring (bicyclic) bond motifs is 1. The zero-order valence-corrected chi connectivity index (χ0v) is 16.4. The first-order valence-electron chi connectivity index (χ1n) is 8.74. The zero-order valence-electron chi connectivity index (χ0n) is 15.7. The van der Waals surface area contributed by atoms with Gasteiger partial charge in [-0.1, -0.05) is 16.8 Å². The molecular weight excluding hydrogens is 378 g/mol. The molecule has 0 N–H and O–H groups in total. The van der Waals surface area contributed by atoms with E-state index in [0.717, 1.165) is 33.4 Å². The van der Waals surface area contributed by atoms with Crippen LogP contribution in [0.5, 0.6) is 5.75 Å². The predicted octanol–water partition coefficient (Wildman–Crippen LogP) is 4.38. The fraction of sp³-hybridized carbons (Fsp3) is 0.190. The van der Waals surface area contributed by atoms with Gasteiger partial charge in [0.15, 0.2) is 0 Å². The Bertz CT molecular complexity index is 1210. The number of hydrogen-bond donors (Lipinski definition) is 0. The third-order valence-electron chi connectivity index (χ3n) is 4.72. The Labute approximate surface area is 166 Å². The lowest BCUT2D eigenvalue weighted by atomic mass is 9.99. The number of aromatic nitrogens is 3. The molecule has 0 atom stereocenters. The molecule has 0 radical (unpaired) electrons. The normalized spacial score (nSPS) is 11.1. The molecule has 4 rings (SSSR count). The van der Waals surface area contributed by atoms with Gasteiger partial charge in [-0.3, -0.25) is 9.78 Å². The smallest absolute Gasteiger partial charge is 0.251 e. The topological polar surface area (TPSA) is 70.2 Å². The average Bonchev–Trinajstić information content (AvgIpc) is 3.02. The minimum absolute atomic E-state index is 0.134.